The maximum Gasteiger partial charge on any atom is 0.322 e. The van der Waals surface area contributed by atoms with E-state index in [1.165, 1.54) is 12.4 Å². The average molecular weight is 389 g/mol. The molecule has 0 aliphatic rings. The van der Waals surface area contributed by atoms with Gasteiger partial charge in [0.05, 0.1) is 6.54 Å². The molecule has 1 aromatic carbocycles. The largest absolute Gasteiger partial charge is 0.505 e. The summed E-state index contributed by atoms with van der Waals surface area (Å²) in [6.07, 6.45) is 2.64. The predicted molar refractivity (Wildman–Crippen MR) is 96.0 cm³/mol. The molecule has 2 aromatic heterocycles. The first kappa shape index (κ1) is 18.3. The van der Waals surface area contributed by atoms with E-state index in [1.807, 2.05) is 0 Å². The van der Waals surface area contributed by atoms with Gasteiger partial charge < -0.3 is 15.5 Å². The van der Waals surface area contributed by atoms with E-state index in [-0.39, 0.29) is 17.7 Å². The summed E-state index contributed by atoms with van der Waals surface area (Å²) < 4.78 is 1.15. The van der Waals surface area contributed by atoms with Crippen molar-refractivity contribution >= 4 is 34.6 Å². The number of amides is 1. The summed E-state index contributed by atoms with van der Waals surface area (Å²) >= 11 is 6.15. The second kappa shape index (κ2) is 7.42. The van der Waals surface area contributed by atoms with Crippen molar-refractivity contribution in [2.45, 2.75) is 6.54 Å². The van der Waals surface area contributed by atoms with Crippen molar-refractivity contribution < 1.29 is 19.8 Å². The number of carbonyl (C=O) groups excluding carboxylic acids is 1. The third kappa shape index (κ3) is 3.58. The fraction of sp³-hybridized carbons (Fsp3) is 0.118. The van der Waals surface area contributed by atoms with Gasteiger partial charge in [-0.3, -0.25) is 19.0 Å². The number of nitrogens with zero attached hydrogens (tertiary/aromatic N) is 3. The molecular weight excluding hydrogens is 376 g/mol. The molecule has 0 aliphatic carbocycles. The Kier molecular flexibility index (Phi) is 5.04. The molecule has 0 aliphatic heterocycles. The van der Waals surface area contributed by atoms with E-state index < -0.39 is 35.3 Å². The molecular formula is C17H13ClN4O5. The van der Waals surface area contributed by atoms with Gasteiger partial charge in [0.1, 0.15) is 17.6 Å². The molecule has 0 bridgehead atoms. The Morgan fingerprint density at radius 3 is 2.59 bits per heavy atom. The number of pyridine rings is 1. The van der Waals surface area contributed by atoms with Crippen molar-refractivity contribution in [3.63, 3.8) is 0 Å². The highest BCUT2D eigenvalue weighted by molar-refractivity contribution is 6.31. The normalized spacial score (nSPS) is 10.7. The molecule has 138 valence electrons. The Morgan fingerprint density at radius 1 is 1.19 bits per heavy atom. The number of halogens is 1. The van der Waals surface area contributed by atoms with Crippen molar-refractivity contribution in [1.82, 2.24) is 19.9 Å². The van der Waals surface area contributed by atoms with E-state index in [4.69, 9.17) is 16.7 Å². The Hall–Kier alpha value is -3.46. The first-order valence-corrected chi connectivity index (χ1v) is 8.07. The molecule has 1 amide bonds. The molecule has 0 spiro atoms. The van der Waals surface area contributed by atoms with Crippen molar-refractivity contribution in [3.05, 3.63) is 63.2 Å². The van der Waals surface area contributed by atoms with Crippen LogP contribution < -0.4 is 10.9 Å². The molecule has 10 heteroatoms. The van der Waals surface area contributed by atoms with E-state index in [1.54, 1.807) is 24.3 Å². The third-order valence-corrected chi connectivity index (χ3v) is 4.14. The maximum atomic E-state index is 12.9. The molecule has 0 saturated heterocycles. The first-order valence-electron chi connectivity index (χ1n) is 7.70. The van der Waals surface area contributed by atoms with E-state index in [2.05, 4.69) is 15.3 Å². The van der Waals surface area contributed by atoms with Gasteiger partial charge in [0.25, 0.3) is 11.5 Å². The minimum Gasteiger partial charge on any atom is -0.505 e. The van der Waals surface area contributed by atoms with Crippen molar-refractivity contribution in [3.8, 4) is 5.75 Å². The highest BCUT2D eigenvalue weighted by Gasteiger charge is 2.24. The third-order valence-electron chi connectivity index (χ3n) is 3.77. The second-order valence-corrected chi connectivity index (χ2v) is 5.92. The number of nitrogens with one attached hydrogen (secondary N) is 1. The SMILES string of the molecule is O=C(O)CNC(=O)c1c(O)c2nccnc2n(Cc2ccccc2Cl)c1=O. The Bertz CT molecular complexity index is 1110. The number of aromatic nitrogens is 3. The summed E-state index contributed by atoms with van der Waals surface area (Å²) in [6, 6.07) is 6.82. The molecule has 9 nitrogen and oxygen atoms in total. The number of carboxylic acid groups (broad SMARTS) is 1. The van der Waals surface area contributed by atoms with Crippen molar-refractivity contribution in [2.75, 3.05) is 6.54 Å². The summed E-state index contributed by atoms with van der Waals surface area (Å²) in [6.45, 7) is -0.728. The monoisotopic (exact) mass is 388 g/mol. The lowest BCUT2D eigenvalue weighted by molar-refractivity contribution is -0.135. The minimum atomic E-state index is -1.29. The van der Waals surface area contributed by atoms with Crippen LogP contribution in [0.1, 0.15) is 15.9 Å². The van der Waals surface area contributed by atoms with E-state index >= 15 is 0 Å². The highest BCUT2D eigenvalue weighted by atomic mass is 35.5. The molecule has 0 atom stereocenters. The first-order chi connectivity index (χ1) is 12.9. The molecule has 3 N–H and O–H groups in total. The number of aromatic hydroxyl groups is 1. The van der Waals surface area contributed by atoms with Crippen molar-refractivity contribution in [1.29, 1.82) is 0 Å². The number of benzene rings is 1. The lowest BCUT2D eigenvalue weighted by Crippen LogP contribution is -2.36. The van der Waals surface area contributed by atoms with E-state index in [0.29, 0.717) is 10.6 Å². The quantitative estimate of drug-likeness (QED) is 0.593. The zero-order valence-electron chi connectivity index (χ0n) is 13.7. The smallest absolute Gasteiger partial charge is 0.322 e. The number of carboxylic acids is 1. The van der Waals surface area contributed by atoms with Gasteiger partial charge in [0.2, 0.25) is 0 Å². The molecule has 2 heterocycles. The predicted octanol–water partition coefficient (Wildman–Crippen LogP) is 1.01. The Labute approximate surface area is 156 Å². The van der Waals surface area contributed by atoms with Gasteiger partial charge in [-0.2, -0.15) is 0 Å². The van der Waals surface area contributed by atoms with Crippen LogP contribution in [0.2, 0.25) is 5.02 Å². The average Bonchev–Trinajstić information content (AvgIpc) is 2.65. The van der Waals surface area contributed by atoms with E-state index in [0.717, 1.165) is 4.57 Å². The molecule has 3 aromatic rings. The minimum absolute atomic E-state index is 0.0206. The van der Waals surface area contributed by atoms with Crippen molar-refractivity contribution in [2.24, 2.45) is 0 Å². The molecule has 0 unspecified atom stereocenters. The Morgan fingerprint density at radius 2 is 1.89 bits per heavy atom. The summed E-state index contributed by atoms with van der Waals surface area (Å²) in [5.74, 6) is -2.98. The fourth-order valence-electron chi connectivity index (χ4n) is 2.54. The highest BCUT2D eigenvalue weighted by Crippen LogP contribution is 2.24. The van der Waals surface area contributed by atoms with Crippen LogP contribution in [-0.4, -0.2) is 43.2 Å². The maximum absolute atomic E-state index is 12.9. The van der Waals surface area contributed by atoms with Crippen LogP contribution in [0.4, 0.5) is 0 Å². The van der Waals surface area contributed by atoms with Gasteiger partial charge in [-0.25, -0.2) is 9.97 Å². The zero-order chi connectivity index (χ0) is 19.6. The standard InChI is InChI=1S/C17H13ClN4O5/c18-10-4-2-1-3-9(10)8-22-15-13(19-5-6-20-15)14(25)12(17(22)27)16(26)21-7-11(23)24/h1-6,25H,7-8H2,(H,21,26)(H,23,24). The van der Waals surface area contributed by atoms with Crippen LogP contribution >= 0.6 is 11.6 Å². The van der Waals surface area contributed by atoms with Crippen LogP contribution in [0, 0.1) is 0 Å². The van der Waals surface area contributed by atoms with Crippen LogP contribution in [0.3, 0.4) is 0 Å². The van der Waals surface area contributed by atoms with Gasteiger partial charge in [0.15, 0.2) is 11.4 Å². The van der Waals surface area contributed by atoms with Gasteiger partial charge in [-0.15, -0.1) is 0 Å². The van der Waals surface area contributed by atoms with E-state index in [9.17, 15) is 19.5 Å². The Balaban J connectivity index is 2.20. The number of carbonyl (C=O) groups is 2. The summed E-state index contributed by atoms with van der Waals surface area (Å²) in [4.78, 5) is 43.9. The van der Waals surface area contributed by atoms with Gasteiger partial charge in [-0.05, 0) is 11.6 Å². The topological polar surface area (TPSA) is 134 Å². The van der Waals surface area contributed by atoms with Crippen LogP contribution in [0.15, 0.2) is 41.5 Å². The van der Waals surface area contributed by atoms with Gasteiger partial charge in [-0.1, -0.05) is 29.8 Å². The molecule has 3 rings (SSSR count). The summed E-state index contributed by atoms with van der Waals surface area (Å²) in [5.41, 5.74) is -0.866. The number of hydrogen-bond acceptors (Lipinski definition) is 6. The van der Waals surface area contributed by atoms with Gasteiger partial charge >= 0.3 is 5.97 Å². The second-order valence-electron chi connectivity index (χ2n) is 5.51. The number of hydrogen-bond donors (Lipinski definition) is 3. The van der Waals surface area contributed by atoms with Crippen LogP contribution in [0.25, 0.3) is 11.2 Å². The van der Waals surface area contributed by atoms with Crippen LogP contribution in [-0.2, 0) is 11.3 Å². The lowest BCUT2D eigenvalue weighted by Gasteiger charge is -2.14. The molecule has 0 saturated carbocycles. The summed E-state index contributed by atoms with van der Waals surface area (Å²) in [5, 5.41) is 21.5. The summed E-state index contributed by atoms with van der Waals surface area (Å²) in [7, 11) is 0. The zero-order valence-corrected chi connectivity index (χ0v) is 14.5. The fourth-order valence-corrected chi connectivity index (χ4v) is 2.73. The number of fused-ring (bicyclic) bond motifs is 1. The number of aliphatic carboxylic acids is 1. The van der Waals surface area contributed by atoms with Gasteiger partial charge in [0, 0.05) is 17.4 Å². The molecule has 0 radical (unpaired) electrons. The lowest BCUT2D eigenvalue weighted by atomic mass is 10.1. The van der Waals surface area contributed by atoms with Crippen LogP contribution in [0.5, 0.6) is 5.75 Å². The molecule has 27 heavy (non-hydrogen) atoms. The number of rotatable bonds is 5. The molecule has 0 fully saturated rings.